The van der Waals surface area contributed by atoms with E-state index in [-0.39, 0.29) is 0 Å². The van der Waals surface area contributed by atoms with Crippen molar-refractivity contribution in [3.05, 3.63) is 0 Å². The van der Waals surface area contributed by atoms with Crippen molar-refractivity contribution >= 4 is 15.9 Å². The summed E-state index contributed by atoms with van der Waals surface area (Å²) in [6, 6.07) is 0. The van der Waals surface area contributed by atoms with Crippen molar-refractivity contribution in [2.75, 3.05) is 26.2 Å². The van der Waals surface area contributed by atoms with Crippen LogP contribution in [0, 0.1) is 0 Å². The van der Waals surface area contributed by atoms with Gasteiger partial charge in [0.2, 0.25) is 0 Å². The summed E-state index contributed by atoms with van der Waals surface area (Å²) in [7, 11) is 0. The van der Waals surface area contributed by atoms with E-state index in [1.54, 1.807) is 0 Å². The van der Waals surface area contributed by atoms with Gasteiger partial charge >= 0.3 is 0 Å². The highest BCUT2D eigenvalue weighted by Crippen LogP contribution is 2.16. The maximum Gasteiger partial charge on any atom is 0.0786 e. The van der Waals surface area contributed by atoms with Crippen LogP contribution in [-0.4, -0.2) is 35.5 Å². The average molecular weight is 365 g/mol. The van der Waals surface area contributed by atoms with Crippen molar-refractivity contribution in [1.82, 2.24) is 0 Å². The van der Waals surface area contributed by atoms with E-state index in [1.165, 1.54) is 82.0 Å². The van der Waals surface area contributed by atoms with Crippen molar-refractivity contribution in [2.24, 2.45) is 0 Å². The van der Waals surface area contributed by atoms with Gasteiger partial charge in [-0.2, -0.15) is 0 Å². The Morgan fingerprint density at radius 2 is 0.810 bits per heavy atom. The van der Waals surface area contributed by atoms with Crippen molar-refractivity contribution in [2.45, 2.75) is 97.7 Å². The normalized spacial score (nSPS) is 11.4. The molecule has 0 unspecified atom stereocenters. The van der Waals surface area contributed by atoms with Crippen LogP contribution in [0.4, 0.5) is 0 Å². The molecule has 21 heavy (non-hydrogen) atoms. The number of alkyl halides is 1. The third-order valence-electron chi connectivity index (χ3n) is 3.94. The van der Waals surface area contributed by atoms with Crippen molar-refractivity contribution in [1.29, 1.82) is 0 Å². The van der Waals surface area contributed by atoms with Gasteiger partial charge in [0.25, 0.3) is 0 Å². The van der Waals surface area contributed by atoms with Crippen LogP contribution in [-0.2, 0) is 0 Å². The molecule has 0 aromatic heterocycles. The van der Waals surface area contributed by atoms with E-state index >= 15 is 0 Å². The Hall–Kier alpha value is 0.440. The maximum atomic E-state index is 3.27. The van der Waals surface area contributed by atoms with Crippen LogP contribution in [0.2, 0.25) is 0 Å². The van der Waals surface area contributed by atoms with E-state index in [1.807, 2.05) is 0 Å². The Bertz CT molecular complexity index is 152. The zero-order chi connectivity index (χ0) is 16.6. The van der Waals surface area contributed by atoms with Crippen LogP contribution in [0.1, 0.15) is 92.9 Å². The molecule has 0 amide bonds. The van der Waals surface area contributed by atoms with Crippen LogP contribution in [0.5, 0.6) is 0 Å². The Balaban J connectivity index is 0. The molecule has 0 aromatic carbocycles. The third-order valence-corrected chi connectivity index (χ3v) is 3.94. The molecule has 130 valence electrons. The quantitative estimate of drug-likeness (QED) is 0.264. The van der Waals surface area contributed by atoms with Gasteiger partial charge in [-0.15, -0.1) is 0 Å². The lowest BCUT2D eigenvalue weighted by Crippen LogP contribution is -2.50. The molecule has 0 N–H and O–H groups in total. The van der Waals surface area contributed by atoms with Gasteiger partial charge in [0.1, 0.15) is 0 Å². The van der Waals surface area contributed by atoms with Gasteiger partial charge in [-0.1, -0.05) is 83.2 Å². The third kappa shape index (κ3) is 16.6. The van der Waals surface area contributed by atoms with Gasteiger partial charge in [-0.05, 0) is 25.7 Å². The molecular weight excluding hydrogens is 322 g/mol. The maximum absolute atomic E-state index is 3.27. The van der Waals surface area contributed by atoms with E-state index in [2.05, 4.69) is 57.5 Å². The van der Waals surface area contributed by atoms with Crippen LogP contribution in [0.3, 0.4) is 0 Å². The van der Waals surface area contributed by atoms with Crippen LogP contribution in [0.15, 0.2) is 0 Å². The monoisotopic (exact) mass is 364 g/mol. The molecule has 0 heterocycles. The lowest BCUT2D eigenvalue weighted by molar-refractivity contribution is -0.929. The summed E-state index contributed by atoms with van der Waals surface area (Å²) in [5.41, 5.74) is 0. The van der Waals surface area contributed by atoms with Gasteiger partial charge in [0, 0.05) is 4.83 Å². The summed E-state index contributed by atoms with van der Waals surface area (Å²) in [4.78, 5) is 0.646. The molecule has 0 aliphatic heterocycles. The first-order chi connectivity index (χ1) is 9.97. The molecule has 0 spiro atoms. The molecule has 0 radical (unpaired) electrons. The fourth-order valence-electron chi connectivity index (χ4n) is 2.64. The summed E-state index contributed by atoms with van der Waals surface area (Å²) in [6.07, 6.45) is 11.1. The highest BCUT2D eigenvalue weighted by molar-refractivity contribution is 9.09. The first kappa shape index (κ1) is 23.7. The lowest BCUT2D eigenvalue weighted by atomic mass is 10.1. The molecule has 0 rings (SSSR count). The summed E-state index contributed by atoms with van der Waals surface area (Å²) in [6.45, 7) is 19.2. The number of unbranched alkanes of at least 4 members (excludes halogenated alkanes) is 4. The van der Waals surface area contributed by atoms with Gasteiger partial charge in [0.15, 0.2) is 0 Å². The van der Waals surface area contributed by atoms with E-state index in [0.717, 1.165) is 0 Å². The van der Waals surface area contributed by atoms with E-state index in [4.69, 9.17) is 0 Å². The molecule has 1 nitrogen and oxygen atoms in total. The Kier molecular flexibility index (Phi) is 19.0. The topological polar surface area (TPSA) is 0 Å². The van der Waals surface area contributed by atoms with Crippen molar-refractivity contribution in [3.63, 3.8) is 0 Å². The summed E-state index contributed by atoms with van der Waals surface area (Å²) < 4.78 is 1.42. The SMILES string of the molecule is CC(C)Br.CCCC[N+](CCCC)(CCCC)CCCC. The van der Waals surface area contributed by atoms with Crippen molar-refractivity contribution in [3.8, 4) is 0 Å². The van der Waals surface area contributed by atoms with Crippen LogP contribution in [0.25, 0.3) is 0 Å². The standard InChI is InChI=1S/C16H36N.C3H7Br/c1-5-9-13-17(14-10-6-2,15-11-7-3)16-12-8-4;1-3(2)4/h5-16H2,1-4H3;3H,1-2H3/q+1;. The minimum Gasteiger partial charge on any atom is -0.324 e. The van der Waals surface area contributed by atoms with Gasteiger partial charge < -0.3 is 4.48 Å². The highest BCUT2D eigenvalue weighted by Gasteiger charge is 2.24. The van der Waals surface area contributed by atoms with Crippen LogP contribution >= 0.6 is 15.9 Å². The Morgan fingerprint density at radius 1 is 0.619 bits per heavy atom. The minimum absolute atomic E-state index is 0.646. The van der Waals surface area contributed by atoms with Gasteiger partial charge in [0.05, 0.1) is 26.2 Å². The Morgan fingerprint density at radius 3 is 0.952 bits per heavy atom. The summed E-state index contributed by atoms with van der Waals surface area (Å²) in [5, 5.41) is 0. The molecule has 0 saturated carbocycles. The summed E-state index contributed by atoms with van der Waals surface area (Å²) in [5.74, 6) is 0. The predicted octanol–water partition coefficient (Wildman–Crippen LogP) is 6.79. The number of quaternary nitrogens is 1. The van der Waals surface area contributed by atoms with E-state index < -0.39 is 0 Å². The van der Waals surface area contributed by atoms with Crippen LogP contribution < -0.4 is 0 Å². The molecular formula is C19H43BrN+. The lowest BCUT2D eigenvalue weighted by Gasteiger charge is -2.39. The van der Waals surface area contributed by atoms with Crippen molar-refractivity contribution < 1.29 is 4.48 Å². The molecule has 0 aliphatic rings. The zero-order valence-electron chi connectivity index (χ0n) is 15.9. The second kappa shape index (κ2) is 16.8. The molecule has 0 atom stereocenters. The van der Waals surface area contributed by atoms with E-state index in [9.17, 15) is 0 Å². The van der Waals surface area contributed by atoms with Gasteiger partial charge in [-0.3, -0.25) is 0 Å². The number of nitrogens with zero attached hydrogens (tertiary/aromatic N) is 1. The fraction of sp³-hybridized carbons (Fsp3) is 1.00. The second-order valence-corrected chi connectivity index (χ2v) is 8.50. The Labute approximate surface area is 144 Å². The van der Waals surface area contributed by atoms with Gasteiger partial charge in [-0.25, -0.2) is 0 Å². The molecule has 0 aliphatic carbocycles. The average Bonchev–Trinajstić information content (AvgIpc) is 2.45. The largest absolute Gasteiger partial charge is 0.324 e. The molecule has 0 aromatic rings. The second-order valence-electron chi connectivity index (χ2n) is 6.66. The predicted molar refractivity (Wildman–Crippen MR) is 103 cm³/mol. The number of halogens is 1. The van der Waals surface area contributed by atoms with E-state index in [0.29, 0.717) is 4.83 Å². The fourth-order valence-corrected chi connectivity index (χ4v) is 2.64. The number of hydrogen-bond donors (Lipinski definition) is 0. The highest BCUT2D eigenvalue weighted by atomic mass is 79.9. The summed E-state index contributed by atoms with van der Waals surface area (Å²) >= 11 is 3.27. The zero-order valence-corrected chi connectivity index (χ0v) is 17.5. The molecule has 2 heteroatoms. The number of hydrogen-bond acceptors (Lipinski definition) is 0. The molecule has 0 saturated heterocycles. The molecule has 0 fully saturated rings. The number of rotatable bonds is 12. The minimum atomic E-state index is 0.646. The first-order valence-corrected chi connectivity index (χ1v) is 10.4. The first-order valence-electron chi connectivity index (χ1n) is 9.47. The smallest absolute Gasteiger partial charge is 0.0786 e. The molecule has 0 bridgehead atoms.